The summed E-state index contributed by atoms with van der Waals surface area (Å²) in [6.45, 7) is 2.17. The highest BCUT2D eigenvalue weighted by atomic mass is 32.2. The fourth-order valence-corrected chi connectivity index (χ4v) is 1.79. The molecule has 0 atom stereocenters. The van der Waals surface area contributed by atoms with Gasteiger partial charge in [-0.15, -0.1) is 0 Å². The second-order valence-electron chi connectivity index (χ2n) is 3.12. The molecule has 3 nitrogen and oxygen atoms in total. The van der Waals surface area contributed by atoms with Crippen molar-refractivity contribution in [2.75, 3.05) is 5.88 Å². The summed E-state index contributed by atoms with van der Waals surface area (Å²) in [5.74, 6) is 0.865. The molecule has 0 aliphatic carbocycles. The van der Waals surface area contributed by atoms with E-state index in [-0.39, 0.29) is 5.91 Å². The zero-order chi connectivity index (χ0) is 9.52. The number of carbonyl (C=O) groups is 1. The summed E-state index contributed by atoms with van der Waals surface area (Å²) in [5.41, 5.74) is 1.73. The third kappa shape index (κ3) is 3.81. The molecule has 1 aliphatic heterocycles. The van der Waals surface area contributed by atoms with E-state index in [4.69, 9.17) is 0 Å². The van der Waals surface area contributed by atoms with Gasteiger partial charge in [-0.2, -0.15) is 5.10 Å². The van der Waals surface area contributed by atoms with Crippen molar-refractivity contribution in [1.82, 2.24) is 5.01 Å². The summed E-state index contributed by atoms with van der Waals surface area (Å²) in [7, 11) is 0. The molecule has 0 N–H and O–H groups in total. The number of unbranched alkanes of at least 4 members (excludes halogenated alkanes) is 3. The van der Waals surface area contributed by atoms with Gasteiger partial charge in [0.05, 0.1) is 11.4 Å². The maximum atomic E-state index is 11.4. The molecule has 4 heteroatoms. The first-order valence-electron chi connectivity index (χ1n) is 4.79. The topological polar surface area (TPSA) is 32.7 Å². The Balaban J connectivity index is 2.07. The number of carbonyl (C=O) groups excluding carboxylic acids is 1. The number of hydrazone groups is 1. The normalized spacial score (nSPS) is 15.3. The molecule has 1 aliphatic rings. The van der Waals surface area contributed by atoms with Gasteiger partial charge in [0.1, 0.15) is 0 Å². The minimum absolute atomic E-state index is 0.164. The summed E-state index contributed by atoms with van der Waals surface area (Å²) in [6, 6.07) is 0. The molecule has 1 heterocycles. The molecular weight excluding hydrogens is 184 g/mol. The van der Waals surface area contributed by atoms with E-state index in [9.17, 15) is 4.79 Å². The van der Waals surface area contributed by atoms with Gasteiger partial charge in [0.15, 0.2) is 0 Å². The Morgan fingerprint density at radius 1 is 1.54 bits per heavy atom. The molecule has 74 valence electrons. The summed E-state index contributed by atoms with van der Waals surface area (Å²) < 4.78 is 0. The Hall–Kier alpha value is -0.510. The van der Waals surface area contributed by atoms with Crippen LogP contribution in [-0.4, -0.2) is 22.3 Å². The Morgan fingerprint density at radius 3 is 3.00 bits per heavy atom. The maximum absolute atomic E-state index is 11.4. The third-order valence-corrected chi connectivity index (χ3v) is 2.63. The second kappa shape index (κ2) is 6.02. The number of amides is 1. The molecule has 0 fully saturated rings. The van der Waals surface area contributed by atoms with Gasteiger partial charge in [-0.1, -0.05) is 37.9 Å². The zero-order valence-corrected chi connectivity index (χ0v) is 8.85. The molecule has 0 unspecified atom stereocenters. The molecule has 0 aromatic carbocycles. The molecule has 0 spiro atoms. The van der Waals surface area contributed by atoms with E-state index in [2.05, 4.69) is 12.0 Å². The van der Waals surface area contributed by atoms with Crippen LogP contribution in [0, 0.1) is 0 Å². The average molecular weight is 200 g/mol. The van der Waals surface area contributed by atoms with Crippen LogP contribution in [0.25, 0.3) is 0 Å². The monoisotopic (exact) mass is 200 g/mol. The first kappa shape index (κ1) is 10.6. The highest BCUT2D eigenvalue weighted by molar-refractivity contribution is 8.12. The van der Waals surface area contributed by atoms with E-state index in [1.54, 1.807) is 22.3 Å². The van der Waals surface area contributed by atoms with Crippen molar-refractivity contribution in [3.63, 3.8) is 0 Å². The minimum Gasteiger partial charge on any atom is -0.273 e. The van der Waals surface area contributed by atoms with Gasteiger partial charge in [0, 0.05) is 6.42 Å². The van der Waals surface area contributed by atoms with Crippen LogP contribution in [0.5, 0.6) is 0 Å². The predicted molar refractivity (Wildman–Crippen MR) is 56.6 cm³/mol. The summed E-state index contributed by atoms with van der Waals surface area (Å²) >= 11 is 1.57. The lowest BCUT2D eigenvalue weighted by Gasteiger charge is -2.09. The fourth-order valence-electron chi connectivity index (χ4n) is 1.20. The highest BCUT2D eigenvalue weighted by Crippen LogP contribution is 2.13. The predicted octanol–water partition coefficient (Wildman–Crippen LogP) is 2.43. The van der Waals surface area contributed by atoms with Crippen LogP contribution in [0.15, 0.2) is 5.10 Å². The Bertz CT molecular complexity index is 194. The van der Waals surface area contributed by atoms with Crippen molar-refractivity contribution in [1.29, 1.82) is 0 Å². The lowest BCUT2D eigenvalue weighted by molar-refractivity contribution is -0.130. The van der Waals surface area contributed by atoms with Crippen LogP contribution < -0.4 is 0 Å². The van der Waals surface area contributed by atoms with Crippen molar-refractivity contribution >= 4 is 23.2 Å². The van der Waals surface area contributed by atoms with Crippen molar-refractivity contribution in [3.05, 3.63) is 0 Å². The van der Waals surface area contributed by atoms with Gasteiger partial charge in [-0.25, -0.2) is 5.01 Å². The summed E-state index contributed by atoms with van der Waals surface area (Å²) in [6.07, 6.45) is 5.26. The van der Waals surface area contributed by atoms with Crippen LogP contribution in [0.4, 0.5) is 0 Å². The Kier molecular flexibility index (Phi) is 4.90. The van der Waals surface area contributed by atoms with Crippen LogP contribution in [0.2, 0.25) is 0 Å². The molecule has 0 bridgehead atoms. The van der Waals surface area contributed by atoms with Gasteiger partial charge < -0.3 is 0 Å². The van der Waals surface area contributed by atoms with Crippen LogP contribution in [0.3, 0.4) is 0 Å². The van der Waals surface area contributed by atoms with Gasteiger partial charge in [0.25, 0.3) is 0 Å². The largest absolute Gasteiger partial charge is 0.273 e. The van der Waals surface area contributed by atoms with Crippen molar-refractivity contribution in [3.8, 4) is 0 Å². The van der Waals surface area contributed by atoms with Crippen molar-refractivity contribution in [2.45, 2.75) is 39.0 Å². The smallest absolute Gasteiger partial charge is 0.243 e. The van der Waals surface area contributed by atoms with Crippen LogP contribution in [-0.2, 0) is 4.79 Å². The molecular formula is C9H16N2OS. The van der Waals surface area contributed by atoms with E-state index in [0.717, 1.165) is 12.8 Å². The van der Waals surface area contributed by atoms with Crippen molar-refractivity contribution < 1.29 is 4.79 Å². The van der Waals surface area contributed by atoms with Crippen LogP contribution in [0.1, 0.15) is 39.0 Å². The van der Waals surface area contributed by atoms with Gasteiger partial charge in [-0.05, 0) is 6.42 Å². The van der Waals surface area contributed by atoms with E-state index in [1.165, 1.54) is 12.8 Å². The minimum atomic E-state index is 0.164. The molecule has 13 heavy (non-hydrogen) atoms. The van der Waals surface area contributed by atoms with Crippen LogP contribution >= 0.6 is 11.8 Å². The van der Waals surface area contributed by atoms with E-state index in [1.807, 2.05) is 0 Å². The third-order valence-electron chi connectivity index (χ3n) is 1.99. The molecule has 0 saturated heterocycles. The Labute approximate surface area is 83.6 Å². The standard InChI is InChI=1S/C9H16N2OS/c1-2-3-4-5-6-9(12)11-8-13-7-10-11/h7H,2-6,8H2,1H3. The quantitative estimate of drug-likeness (QED) is 0.638. The zero-order valence-electron chi connectivity index (χ0n) is 8.03. The molecule has 0 radical (unpaired) electrons. The van der Waals surface area contributed by atoms with E-state index in [0.29, 0.717) is 12.3 Å². The molecule has 1 amide bonds. The molecule has 0 aromatic rings. The summed E-state index contributed by atoms with van der Waals surface area (Å²) in [4.78, 5) is 11.4. The number of nitrogens with zero attached hydrogens (tertiary/aromatic N) is 2. The first-order valence-corrected chi connectivity index (χ1v) is 5.84. The van der Waals surface area contributed by atoms with E-state index < -0.39 is 0 Å². The van der Waals surface area contributed by atoms with Gasteiger partial charge >= 0.3 is 0 Å². The van der Waals surface area contributed by atoms with Gasteiger partial charge in [-0.3, -0.25) is 4.79 Å². The molecule has 0 saturated carbocycles. The number of hydrogen-bond donors (Lipinski definition) is 0. The second-order valence-corrected chi connectivity index (χ2v) is 3.92. The Morgan fingerprint density at radius 2 is 2.38 bits per heavy atom. The number of thioether (sulfide) groups is 1. The number of rotatable bonds is 5. The highest BCUT2D eigenvalue weighted by Gasteiger charge is 2.14. The number of hydrogen-bond acceptors (Lipinski definition) is 3. The molecule has 1 rings (SSSR count). The average Bonchev–Trinajstić information content (AvgIpc) is 2.65. The fraction of sp³-hybridized carbons (Fsp3) is 0.778. The van der Waals surface area contributed by atoms with E-state index >= 15 is 0 Å². The lowest BCUT2D eigenvalue weighted by atomic mass is 10.1. The van der Waals surface area contributed by atoms with Gasteiger partial charge in [0.2, 0.25) is 5.91 Å². The van der Waals surface area contributed by atoms with Crippen molar-refractivity contribution in [2.24, 2.45) is 5.10 Å². The maximum Gasteiger partial charge on any atom is 0.243 e. The SMILES string of the molecule is CCCCCCC(=O)N1CSC=N1. The first-order chi connectivity index (χ1) is 6.34. The summed E-state index contributed by atoms with van der Waals surface area (Å²) in [5, 5.41) is 5.51. The molecule has 0 aromatic heterocycles. The lowest BCUT2D eigenvalue weighted by Crippen LogP contribution is -2.22.